The van der Waals surface area contributed by atoms with Crippen molar-refractivity contribution in [2.75, 3.05) is 7.11 Å². The first-order valence-electron chi connectivity index (χ1n) is 6.44. The molecule has 20 heavy (non-hydrogen) atoms. The molecule has 0 saturated heterocycles. The van der Waals surface area contributed by atoms with E-state index in [1.165, 1.54) is 0 Å². The summed E-state index contributed by atoms with van der Waals surface area (Å²) in [5.41, 5.74) is 1.49. The third-order valence-electron chi connectivity index (χ3n) is 3.36. The van der Waals surface area contributed by atoms with Crippen molar-refractivity contribution in [3.05, 3.63) is 72.1 Å². The van der Waals surface area contributed by atoms with Gasteiger partial charge in [0.05, 0.1) is 12.8 Å². The number of fused-ring (bicyclic) bond motifs is 1. The van der Waals surface area contributed by atoms with Gasteiger partial charge < -0.3 is 9.84 Å². The number of aliphatic hydroxyl groups is 1. The molecule has 1 N–H and O–H groups in total. The molecule has 0 aliphatic rings. The summed E-state index contributed by atoms with van der Waals surface area (Å²) in [6.07, 6.45) is 0.979. The number of aliphatic hydroxyl groups excluding tert-OH is 1. The SMILES string of the molecule is COc1ccc2cc([C@H](O)c3ccccn3)ccc2c1. The first-order chi connectivity index (χ1) is 9.78. The van der Waals surface area contributed by atoms with Gasteiger partial charge in [-0.3, -0.25) is 4.98 Å². The van der Waals surface area contributed by atoms with Crippen LogP contribution in [0.2, 0.25) is 0 Å². The third-order valence-corrected chi connectivity index (χ3v) is 3.36. The second-order valence-corrected chi connectivity index (χ2v) is 4.63. The topological polar surface area (TPSA) is 42.4 Å². The molecule has 1 aromatic heterocycles. The van der Waals surface area contributed by atoms with E-state index in [1.807, 2.05) is 54.6 Å². The van der Waals surface area contributed by atoms with Gasteiger partial charge in [0.2, 0.25) is 0 Å². The normalized spacial score (nSPS) is 12.3. The van der Waals surface area contributed by atoms with Crippen molar-refractivity contribution in [1.29, 1.82) is 0 Å². The van der Waals surface area contributed by atoms with Gasteiger partial charge in [0.15, 0.2) is 0 Å². The predicted octanol–water partition coefficient (Wildman–Crippen LogP) is 3.33. The minimum absolute atomic E-state index is 0.653. The quantitative estimate of drug-likeness (QED) is 0.790. The molecule has 0 spiro atoms. The molecule has 3 rings (SSSR count). The molecule has 1 heterocycles. The lowest BCUT2D eigenvalue weighted by Crippen LogP contribution is -2.01. The highest BCUT2D eigenvalue weighted by molar-refractivity contribution is 5.84. The molecule has 2 aromatic carbocycles. The van der Waals surface area contributed by atoms with Crippen LogP contribution in [0, 0.1) is 0 Å². The first-order valence-corrected chi connectivity index (χ1v) is 6.44. The van der Waals surface area contributed by atoms with Crippen molar-refractivity contribution in [3.63, 3.8) is 0 Å². The summed E-state index contributed by atoms with van der Waals surface area (Å²) in [6, 6.07) is 17.3. The maximum absolute atomic E-state index is 10.4. The largest absolute Gasteiger partial charge is 0.497 e. The zero-order valence-corrected chi connectivity index (χ0v) is 11.2. The second-order valence-electron chi connectivity index (χ2n) is 4.63. The summed E-state index contributed by atoms with van der Waals surface area (Å²) in [6.45, 7) is 0. The number of aromatic nitrogens is 1. The lowest BCUT2D eigenvalue weighted by atomic mass is 10.0. The maximum Gasteiger partial charge on any atom is 0.121 e. The molecule has 0 radical (unpaired) electrons. The average Bonchev–Trinajstić information content (AvgIpc) is 2.54. The van der Waals surface area contributed by atoms with Gasteiger partial charge in [0.1, 0.15) is 11.9 Å². The zero-order valence-electron chi connectivity index (χ0n) is 11.2. The molecular weight excluding hydrogens is 250 g/mol. The van der Waals surface area contributed by atoms with Crippen LogP contribution in [-0.2, 0) is 0 Å². The van der Waals surface area contributed by atoms with Gasteiger partial charge in [0, 0.05) is 6.20 Å². The average molecular weight is 265 g/mol. The fourth-order valence-electron chi connectivity index (χ4n) is 2.25. The molecular formula is C17H15NO2. The lowest BCUT2D eigenvalue weighted by molar-refractivity contribution is 0.215. The van der Waals surface area contributed by atoms with Crippen molar-refractivity contribution in [2.45, 2.75) is 6.10 Å². The first kappa shape index (κ1) is 12.6. The highest BCUT2D eigenvalue weighted by Gasteiger charge is 2.11. The number of methoxy groups -OCH3 is 1. The van der Waals surface area contributed by atoms with E-state index >= 15 is 0 Å². The number of nitrogens with zero attached hydrogens (tertiary/aromatic N) is 1. The number of hydrogen-bond acceptors (Lipinski definition) is 3. The molecule has 0 saturated carbocycles. The van der Waals surface area contributed by atoms with Crippen molar-refractivity contribution in [3.8, 4) is 5.75 Å². The number of benzene rings is 2. The Morgan fingerprint density at radius 2 is 1.80 bits per heavy atom. The van der Waals surface area contributed by atoms with Gasteiger partial charge in [-0.1, -0.05) is 24.3 Å². The van der Waals surface area contributed by atoms with Gasteiger partial charge in [-0.15, -0.1) is 0 Å². The van der Waals surface area contributed by atoms with E-state index in [9.17, 15) is 5.11 Å². The van der Waals surface area contributed by atoms with Crippen LogP contribution < -0.4 is 4.74 Å². The van der Waals surface area contributed by atoms with Crippen molar-refractivity contribution >= 4 is 10.8 Å². The number of hydrogen-bond donors (Lipinski definition) is 1. The van der Waals surface area contributed by atoms with Crippen LogP contribution in [0.1, 0.15) is 17.4 Å². The van der Waals surface area contributed by atoms with E-state index < -0.39 is 6.10 Å². The zero-order chi connectivity index (χ0) is 13.9. The van der Waals surface area contributed by atoms with Gasteiger partial charge in [-0.05, 0) is 46.7 Å². The van der Waals surface area contributed by atoms with Gasteiger partial charge in [-0.25, -0.2) is 0 Å². The highest BCUT2D eigenvalue weighted by atomic mass is 16.5. The van der Waals surface area contributed by atoms with Crippen LogP contribution in [0.4, 0.5) is 0 Å². The van der Waals surface area contributed by atoms with Gasteiger partial charge in [-0.2, -0.15) is 0 Å². The maximum atomic E-state index is 10.4. The summed E-state index contributed by atoms with van der Waals surface area (Å²) in [5, 5.41) is 12.5. The van der Waals surface area contributed by atoms with E-state index in [4.69, 9.17) is 4.74 Å². The molecule has 0 aliphatic carbocycles. The third kappa shape index (κ3) is 2.36. The number of rotatable bonds is 3. The van der Waals surface area contributed by atoms with E-state index in [2.05, 4.69) is 4.98 Å². The molecule has 0 bridgehead atoms. The summed E-state index contributed by atoms with van der Waals surface area (Å²) < 4.78 is 5.21. The molecule has 0 amide bonds. The Hall–Kier alpha value is -2.39. The summed E-state index contributed by atoms with van der Waals surface area (Å²) in [5.74, 6) is 0.829. The molecule has 3 aromatic rings. The van der Waals surface area contributed by atoms with Crippen molar-refractivity contribution < 1.29 is 9.84 Å². The Labute approximate surface area is 117 Å². The van der Waals surface area contributed by atoms with E-state index in [1.54, 1.807) is 13.3 Å². The summed E-state index contributed by atoms with van der Waals surface area (Å²) in [7, 11) is 1.65. The minimum atomic E-state index is -0.706. The molecule has 1 atom stereocenters. The standard InChI is InChI=1S/C17H15NO2/c1-20-15-8-7-12-10-14(6-5-13(12)11-15)17(19)16-4-2-3-9-18-16/h2-11,17,19H,1H3/t17-/m0/s1. The Morgan fingerprint density at radius 3 is 2.55 bits per heavy atom. The molecule has 0 unspecified atom stereocenters. The van der Waals surface area contributed by atoms with Gasteiger partial charge in [0.25, 0.3) is 0 Å². The second kappa shape index (κ2) is 5.31. The smallest absolute Gasteiger partial charge is 0.121 e. The Balaban J connectivity index is 2.01. The molecule has 0 fully saturated rings. The monoisotopic (exact) mass is 265 g/mol. The molecule has 100 valence electrons. The van der Waals surface area contributed by atoms with Crippen LogP contribution in [0.15, 0.2) is 60.8 Å². The summed E-state index contributed by atoms with van der Waals surface area (Å²) >= 11 is 0. The summed E-state index contributed by atoms with van der Waals surface area (Å²) in [4.78, 5) is 4.19. The Kier molecular flexibility index (Phi) is 3.35. The van der Waals surface area contributed by atoms with Crippen LogP contribution in [0.5, 0.6) is 5.75 Å². The van der Waals surface area contributed by atoms with E-state index in [-0.39, 0.29) is 0 Å². The number of ether oxygens (including phenoxy) is 1. The fraction of sp³-hybridized carbons (Fsp3) is 0.118. The van der Waals surface area contributed by atoms with Crippen LogP contribution in [0.25, 0.3) is 10.8 Å². The number of pyridine rings is 1. The van der Waals surface area contributed by atoms with E-state index in [0.717, 1.165) is 22.1 Å². The highest BCUT2D eigenvalue weighted by Crippen LogP contribution is 2.26. The fourth-order valence-corrected chi connectivity index (χ4v) is 2.25. The Morgan fingerprint density at radius 1 is 1.00 bits per heavy atom. The predicted molar refractivity (Wildman–Crippen MR) is 78.8 cm³/mol. The van der Waals surface area contributed by atoms with Crippen LogP contribution in [-0.4, -0.2) is 17.2 Å². The molecule has 3 heteroatoms. The van der Waals surface area contributed by atoms with Crippen LogP contribution >= 0.6 is 0 Å². The van der Waals surface area contributed by atoms with Crippen molar-refractivity contribution in [2.24, 2.45) is 0 Å². The molecule has 3 nitrogen and oxygen atoms in total. The molecule has 0 aliphatic heterocycles. The minimum Gasteiger partial charge on any atom is -0.497 e. The van der Waals surface area contributed by atoms with Crippen LogP contribution in [0.3, 0.4) is 0 Å². The lowest BCUT2D eigenvalue weighted by Gasteiger charge is -2.11. The van der Waals surface area contributed by atoms with Gasteiger partial charge >= 0.3 is 0 Å². The Bertz CT molecular complexity index is 725. The van der Waals surface area contributed by atoms with Crippen molar-refractivity contribution in [1.82, 2.24) is 4.98 Å². The van der Waals surface area contributed by atoms with E-state index in [0.29, 0.717) is 5.69 Å².